The molecule has 23 heavy (non-hydrogen) atoms. The molecule has 0 saturated heterocycles. The Bertz CT molecular complexity index is 507. The molecule has 0 radical (unpaired) electrons. The van der Waals surface area contributed by atoms with Gasteiger partial charge >= 0.3 is 11.9 Å². The fourth-order valence-electron chi connectivity index (χ4n) is 2.00. The van der Waals surface area contributed by atoms with Gasteiger partial charge in [-0.1, -0.05) is 37.6 Å². The Morgan fingerprint density at radius 3 is 2.26 bits per heavy atom. The predicted octanol–water partition coefficient (Wildman–Crippen LogP) is 2.54. The molecule has 0 aliphatic heterocycles. The molecule has 0 fully saturated rings. The van der Waals surface area contributed by atoms with E-state index in [-0.39, 0.29) is 17.9 Å². The van der Waals surface area contributed by atoms with Crippen molar-refractivity contribution >= 4 is 23.5 Å². The van der Waals surface area contributed by atoms with E-state index in [4.69, 9.17) is 32.7 Å². The Kier molecular flexibility index (Phi) is 10.2. The van der Waals surface area contributed by atoms with Gasteiger partial charge in [-0.3, -0.25) is 4.79 Å². The summed E-state index contributed by atoms with van der Waals surface area (Å²) < 4.78 is 0. The standard InChI is InChI=1S/C8H7ClO3.C8H17NO2/c9-6-3-1-2-5(4-6)7(10)8(11)12;1-6(2)3-7(5-9)4-8(10)11/h1-4,7,10H,(H,11,12);6-7H,3-5,9H2,1-2H3,(H,10,11)/t2*7-/m00/s1. The van der Waals surface area contributed by atoms with Crippen molar-refractivity contribution in [2.24, 2.45) is 17.6 Å². The summed E-state index contributed by atoms with van der Waals surface area (Å²) in [6.07, 6.45) is -0.388. The number of carboxylic acid groups (broad SMARTS) is 2. The van der Waals surface area contributed by atoms with Crippen LogP contribution in [0.15, 0.2) is 24.3 Å². The first-order chi connectivity index (χ1) is 10.7. The molecule has 1 rings (SSSR count). The first kappa shape index (κ1) is 21.4. The lowest BCUT2D eigenvalue weighted by atomic mass is 9.94. The van der Waals surface area contributed by atoms with Crippen LogP contribution in [0, 0.1) is 11.8 Å². The zero-order valence-corrected chi connectivity index (χ0v) is 14.0. The lowest BCUT2D eigenvalue weighted by Crippen LogP contribution is -2.19. The van der Waals surface area contributed by atoms with Gasteiger partial charge in [-0.25, -0.2) is 4.79 Å². The van der Waals surface area contributed by atoms with Gasteiger partial charge in [-0.2, -0.15) is 0 Å². The van der Waals surface area contributed by atoms with Crippen LogP contribution in [0.3, 0.4) is 0 Å². The normalized spacial score (nSPS) is 13.0. The van der Waals surface area contributed by atoms with Crippen molar-refractivity contribution in [1.29, 1.82) is 0 Å². The predicted molar refractivity (Wildman–Crippen MR) is 88.3 cm³/mol. The average molecular weight is 346 g/mol. The maximum absolute atomic E-state index is 10.3. The van der Waals surface area contributed by atoms with Gasteiger partial charge in [0.05, 0.1) is 0 Å². The van der Waals surface area contributed by atoms with Gasteiger partial charge in [0.1, 0.15) is 0 Å². The molecule has 0 aliphatic rings. The molecule has 0 aliphatic carbocycles. The summed E-state index contributed by atoms with van der Waals surface area (Å²) in [7, 11) is 0. The number of hydrogen-bond acceptors (Lipinski definition) is 4. The summed E-state index contributed by atoms with van der Waals surface area (Å²) >= 11 is 5.59. The molecule has 0 unspecified atom stereocenters. The quantitative estimate of drug-likeness (QED) is 0.602. The number of hydrogen-bond donors (Lipinski definition) is 4. The highest BCUT2D eigenvalue weighted by molar-refractivity contribution is 6.30. The molecule has 6 nitrogen and oxygen atoms in total. The maximum Gasteiger partial charge on any atom is 0.337 e. The lowest BCUT2D eigenvalue weighted by molar-refractivity contribution is -0.147. The van der Waals surface area contributed by atoms with Crippen LogP contribution in [-0.4, -0.2) is 33.8 Å². The van der Waals surface area contributed by atoms with Crippen molar-refractivity contribution in [3.8, 4) is 0 Å². The topological polar surface area (TPSA) is 121 Å². The van der Waals surface area contributed by atoms with Crippen molar-refractivity contribution in [1.82, 2.24) is 0 Å². The molecule has 0 spiro atoms. The summed E-state index contributed by atoms with van der Waals surface area (Å²) in [4.78, 5) is 20.6. The number of aliphatic hydroxyl groups excluding tert-OH is 1. The molecule has 0 saturated carbocycles. The van der Waals surface area contributed by atoms with Crippen LogP contribution in [0.1, 0.15) is 38.4 Å². The molecular formula is C16H24ClNO5. The van der Waals surface area contributed by atoms with Gasteiger partial charge in [0.2, 0.25) is 0 Å². The van der Waals surface area contributed by atoms with Crippen LogP contribution in [0.5, 0.6) is 0 Å². The SMILES string of the molecule is CC(C)C[C@H](CN)CC(=O)O.O=C(O)[C@@H](O)c1cccc(Cl)c1. The fraction of sp³-hybridized carbons (Fsp3) is 0.500. The molecule has 130 valence electrons. The Hall–Kier alpha value is -1.63. The molecule has 0 aromatic heterocycles. The van der Waals surface area contributed by atoms with Crippen LogP contribution < -0.4 is 5.73 Å². The summed E-state index contributed by atoms with van der Waals surface area (Å²) in [6.45, 7) is 4.62. The number of carboxylic acids is 2. The second-order valence-corrected chi connectivity index (χ2v) is 6.06. The van der Waals surface area contributed by atoms with Crippen LogP contribution >= 0.6 is 11.6 Å². The Morgan fingerprint density at radius 2 is 1.87 bits per heavy atom. The van der Waals surface area contributed by atoms with E-state index < -0.39 is 18.0 Å². The molecule has 2 atom stereocenters. The van der Waals surface area contributed by atoms with E-state index in [0.29, 0.717) is 17.5 Å². The maximum atomic E-state index is 10.3. The largest absolute Gasteiger partial charge is 0.481 e. The number of benzene rings is 1. The van der Waals surface area contributed by atoms with E-state index in [1.54, 1.807) is 12.1 Å². The first-order valence-electron chi connectivity index (χ1n) is 7.25. The average Bonchev–Trinajstić information content (AvgIpc) is 2.45. The molecule has 7 heteroatoms. The molecule has 1 aromatic carbocycles. The minimum Gasteiger partial charge on any atom is -0.481 e. The van der Waals surface area contributed by atoms with Crippen LogP contribution in [0.25, 0.3) is 0 Å². The molecule has 0 bridgehead atoms. The zero-order valence-electron chi connectivity index (χ0n) is 13.3. The monoisotopic (exact) mass is 345 g/mol. The fourth-order valence-corrected chi connectivity index (χ4v) is 2.19. The van der Waals surface area contributed by atoms with E-state index in [2.05, 4.69) is 13.8 Å². The van der Waals surface area contributed by atoms with Crippen LogP contribution in [0.2, 0.25) is 5.02 Å². The molecule has 0 heterocycles. The highest BCUT2D eigenvalue weighted by Crippen LogP contribution is 2.17. The van der Waals surface area contributed by atoms with Gasteiger partial charge in [-0.15, -0.1) is 0 Å². The third kappa shape index (κ3) is 9.89. The van der Waals surface area contributed by atoms with E-state index >= 15 is 0 Å². The van der Waals surface area contributed by atoms with Crippen LogP contribution in [-0.2, 0) is 9.59 Å². The highest BCUT2D eigenvalue weighted by atomic mass is 35.5. The summed E-state index contributed by atoms with van der Waals surface area (Å²) in [6, 6.07) is 6.12. The van der Waals surface area contributed by atoms with Gasteiger partial charge in [0.25, 0.3) is 0 Å². The molecule has 5 N–H and O–H groups in total. The zero-order chi connectivity index (χ0) is 18.0. The third-order valence-electron chi connectivity index (χ3n) is 3.00. The molecule has 1 aromatic rings. The number of nitrogens with two attached hydrogens (primary N) is 1. The smallest absolute Gasteiger partial charge is 0.337 e. The highest BCUT2D eigenvalue weighted by Gasteiger charge is 2.15. The van der Waals surface area contributed by atoms with Gasteiger partial charge in [-0.05, 0) is 42.5 Å². The number of aliphatic hydroxyl groups is 1. The van der Waals surface area contributed by atoms with Crippen molar-refractivity contribution in [3.63, 3.8) is 0 Å². The third-order valence-corrected chi connectivity index (χ3v) is 3.23. The van der Waals surface area contributed by atoms with Crippen molar-refractivity contribution < 1.29 is 24.9 Å². The van der Waals surface area contributed by atoms with Crippen molar-refractivity contribution in [3.05, 3.63) is 34.9 Å². The number of carbonyl (C=O) groups is 2. The summed E-state index contributed by atoms with van der Waals surface area (Å²) in [5.74, 6) is -1.35. The first-order valence-corrected chi connectivity index (χ1v) is 7.63. The van der Waals surface area contributed by atoms with Crippen molar-refractivity contribution in [2.45, 2.75) is 32.8 Å². The molecule has 0 amide bonds. The second-order valence-electron chi connectivity index (χ2n) is 5.62. The summed E-state index contributed by atoms with van der Waals surface area (Å²) in [5.41, 5.74) is 5.69. The summed E-state index contributed by atoms with van der Waals surface area (Å²) in [5, 5.41) is 26.4. The minimum absolute atomic E-state index is 0.146. The Morgan fingerprint density at radius 1 is 1.26 bits per heavy atom. The van der Waals surface area contributed by atoms with Gasteiger partial charge in [0, 0.05) is 11.4 Å². The lowest BCUT2D eigenvalue weighted by Gasteiger charge is -2.13. The van der Waals surface area contributed by atoms with Gasteiger partial charge in [0.15, 0.2) is 6.10 Å². The number of aliphatic carboxylic acids is 2. The van der Waals surface area contributed by atoms with Gasteiger partial charge < -0.3 is 21.1 Å². The number of rotatable bonds is 7. The van der Waals surface area contributed by atoms with E-state index in [1.165, 1.54) is 12.1 Å². The van der Waals surface area contributed by atoms with Crippen LogP contribution in [0.4, 0.5) is 0 Å². The van der Waals surface area contributed by atoms with E-state index in [0.717, 1.165) is 6.42 Å². The van der Waals surface area contributed by atoms with E-state index in [1.807, 2.05) is 0 Å². The molecular weight excluding hydrogens is 322 g/mol. The minimum atomic E-state index is -1.50. The number of halogens is 1. The van der Waals surface area contributed by atoms with Crippen molar-refractivity contribution in [2.75, 3.05) is 6.54 Å². The Balaban J connectivity index is 0.000000423. The second kappa shape index (κ2) is 11.0. The Labute approximate surface area is 140 Å². The van der Waals surface area contributed by atoms with E-state index in [9.17, 15) is 9.59 Å².